The molecule has 2 N–H and O–H groups in total. The summed E-state index contributed by atoms with van der Waals surface area (Å²) >= 11 is 0. The summed E-state index contributed by atoms with van der Waals surface area (Å²) in [6, 6.07) is 8.89. The fourth-order valence-corrected chi connectivity index (χ4v) is 2.02. The van der Waals surface area contributed by atoms with Crippen molar-refractivity contribution >= 4 is 23.5 Å². The molecule has 2 aromatic carbocycles. The van der Waals surface area contributed by atoms with Crippen LogP contribution in [0, 0.1) is 22.9 Å². The molecule has 0 spiro atoms. The zero-order valence-corrected chi connectivity index (χ0v) is 14.0. The number of carbonyl (C=O) groups excluding carboxylic acids is 3. The highest BCUT2D eigenvalue weighted by Gasteiger charge is 2.17. The highest BCUT2D eigenvalue weighted by molar-refractivity contribution is 5.96. The molecule has 0 fully saturated rings. The summed E-state index contributed by atoms with van der Waals surface area (Å²) in [4.78, 5) is 45.5. The molecule has 2 amide bonds. The number of nitro groups is 1. The molecule has 9 nitrogen and oxygen atoms in total. The van der Waals surface area contributed by atoms with E-state index >= 15 is 0 Å². The molecule has 0 aliphatic rings. The Balaban J connectivity index is 1.87. The van der Waals surface area contributed by atoms with Gasteiger partial charge < -0.3 is 4.74 Å². The summed E-state index contributed by atoms with van der Waals surface area (Å²) in [7, 11) is 0. The SMILES string of the molecule is Cc1ccc(C(=O)OCC(=O)NNC(=O)c2ccccc2F)cc1[N+](=O)[O-]. The van der Waals surface area contributed by atoms with E-state index < -0.39 is 35.1 Å². The van der Waals surface area contributed by atoms with Crippen molar-refractivity contribution in [1.29, 1.82) is 0 Å². The molecular weight excluding hydrogens is 361 g/mol. The number of nitro benzene ring substituents is 1. The van der Waals surface area contributed by atoms with E-state index in [-0.39, 0.29) is 16.8 Å². The Labute approximate surface area is 152 Å². The minimum absolute atomic E-state index is 0.101. The number of nitrogens with zero attached hydrogens (tertiary/aromatic N) is 1. The lowest BCUT2D eigenvalue weighted by atomic mass is 10.1. The molecule has 0 aromatic heterocycles. The molecular formula is C17H14FN3O6. The first-order valence-corrected chi connectivity index (χ1v) is 7.55. The van der Waals surface area contributed by atoms with E-state index in [9.17, 15) is 28.9 Å². The molecule has 0 aliphatic carbocycles. The van der Waals surface area contributed by atoms with Gasteiger partial charge in [0.15, 0.2) is 6.61 Å². The molecule has 27 heavy (non-hydrogen) atoms. The van der Waals surface area contributed by atoms with Crippen LogP contribution in [0.15, 0.2) is 42.5 Å². The molecule has 0 atom stereocenters. The normalized spacial score (nSPS) is 10.0. The minimum atomic E-state index is -0.950. The summed E-state index contributed by atoms with van der Waals surface area (Å²) < 4.78 is 18.2. The van der Waals surface area contributed by atoms with Gasteiger partial charge in [-0.3, -0.25) is 30.6 Å². The average Bonchev–Trinajstić information content (AvgIpc) is 2.64. The molecule has 10 heteroatoms. The number of hydrazine groups is 1. The maximum Gasteiger partial charge on any atom is 0.338 e. The maximum atomic E-state index is 13.4. The summed E-state index contributed by atoms with van der Waals surface area (Å²) in [5.74, 6) is -3.48. The quantitative estimate of drug-likeness (QED) is 0.465. The van der Waals surface area contributed by atoms with Crippen LogP contribution >= 0.6 is 0 Å². The largest absolute Gasteiger partial charge is 0.452 e. The highest BCUT2D eigenvalue weighted by atomic mass is 19.1. The predicted octanol–water partition coefficient (Wildman–Crippen LogP) is 1.66. The van der Waals surface area contributed by atoms with Crippen LogP contribution in [0.2, 0.25) is 0 Å². The van der Waals surface area contributed by atoms with Gasteiger partial charge in [-0.1, -0.05) is 18.2 Å². The molecule has 0 heterocycles. The number of ether oxygens (including phenoxy) is 1. The molecule has 2 aromatic rings. The van der Waals surface area contributed by atoms with E-state index in [1.165, 1.54) is 37.3 Å². The van der Waals surface area contributed by atoms with E-state index in [4.69, 9.17) is 4.74 Å². The molecule has 0 radical (unpaired) electrons. The van der Waals surface area contributed by atoms with Gasteiger partial charge in [-0.05, 0) is 25.1 Å². The lowest BCUT2D eigenvalue weighted by Gasteiger charge is -2.09. The zero-order chi connectivity index (χ0) is 20.0. The van der Waals surface area contributed by atoms with Gasteiger partial charge in [0.1, 0.15) is 5.82 Å². The third-order valence-electron chi connectivity index (χ3n) is 3.41. The van der Waals surface area contributed by atoms with E-state index in [0.717, 1.165) is 12.1 Å². The van der Waals surface area contributed by atoms with Gasteiger partial charge in [0.25, 0.3) is 17.5 Å². The van der Waals surface area contributed by atoms with Gasteiger partial charge in [-0.2, -0.15) is 0 Å². The number of esters is 1. The number of hydrogen-bond donors (Lipinski definition) is 2. The van der Waals surface area contributed by atoms with E-state index in [2.05, 4.69) is 0 Å². The number of hydrogen-bond acceptors (Lipinski definition) is 6. The van der Waals surface area contributed by atoms with E-state index in [0.29, 0.717) is 5.56 Å². The van der Waals surface area contributed by atoms with Crippen LogP contribution in [0.3, 0.4) is 0 Å². The summed E-state index contributed by atoms with van der Waals surface area (Å²) in [6.07, 6.45) is 0. The van der Waals surface area contributed by atoms with Gasteiger partial charge in [-0.25, -0.2) is 9.18 Å². The number of halogens is 1. The predicted molar refractivity (Wildman–Crippen MR) is 90.1 cm³/mol. The number of aryl methyl sites for hydroxylation is 1. The van der Waals surface area contributed by atoms with Crippen LogP contribution < -0.4 is 10.9 Å². The van der Waals surface area contributed by atoms with Crippen molar-refractivity contribution < 1.29 is 28.4 Å². The first-order chi connectivity index (χ1) is 12.8. The van der Waals surface area contributed by atoms with Crippen molar-refractivity contribution in [2.45, 2.75) is 6.92 Å². The summed E-state index contributed by atoms with van der Waals surface area (Å²) in [5.41, 5.74) is 3.67. The van der Waals surface area contributed by atoms with Gasteiger partial charge >= 0.3 is 5.97 Å². The topological polar surface area (TPSA) is 128 Å². The standard InChI is InChI=1S/C17H14FN3O6/c1-10-6-7-11(8-14(10)21(25)26)17(24)27-9-15(22)19-20-16(23)12-4-2-3-5-13(12)18/h2-8H,9H2,1H3,(H,19,22)(H,20,23). The van der Waals surface area contributed by atoms with Crippen LogP contribution in [-0.4, -0.2) is 29.3 Å². The second-order valence-corrected chi connectivity index (χ2v) is 5.32. The van der Waals surface area contributed by atoms with E-state index in [1.54, 1.807) is 0 Å². The van der Waals surface area contributed by atoms with Crippen molar-refractivity contribution in [1.82, 2.24) is 10.9 Å². The number of amides is 2. The molecule has 0 bridgehead atoms. The van der Waals surface area contributed by atoms with Crippen LogP contribution in [0.25, 0.3) is 0 Å². The Kier molecular flexibility index (Phi) is 6.15. The second kappa shape index (κ2) is 8.52. The summed E-state index contributed by atoms with van der Waals surface area (Å²) in [6.45, 7) is 0.761. The first-order valence-electron chi connectivity index (χ1n) is 7.55. The van der Waals surface area contributed by atoms with Crippen LogP contribution in [0.4, 0.5) is 10.1 Å². The minimum Gasteiger partial charge on any atom is -0.452 e. The van der Waals surface area contributed by atoms with Crippen molar-refractivity contribution in [2.24, 2.45) is 0 Å². The number of benzene rings is 2. The fraction of sp³-hybridized carbons (Fsp3) is 0.118. The van der Waals surface area contributed by atoms with Crippen LogP contribution in [-0.2, 0) is 9.53 Å². The zero-order valence-electron chi connectivity index (χ0n) is 14.0. The van der Waals surface area contributed by atoms with Gasteiger partial charge in [0.05, 0.1) is 16.1 Å². The van der Waals surface area contributed by atoms with Gasteiger partial charge in [-0.15, -0.1) is 0 Å². The molecule has 0 saturated carbocycles. The average molecular weight is 375 g/mol. The fourth-order valence-electron chi connectivity index (χ4n) is 2.02. The monoisotopic (exact) mass is 375 g/mol. The number of nitrogens with one attached hydrogen (secondary N) is 2. The van der Waals surface area contributed by atoms with Crippen molar-refractivity contribution in [2.75, 3.05) is 6.61 Å². The van der Waals surface area contributed by atoms with Gasteiger partial charge in [0, 0.05) is 11.6 Å². The lowest BCUT2D eigenvalue weighted by molar-refractivity contribution is -0.385. The second-order valence-electron chi connectivity index (χ2n) is 5.32. The number of rotatable bonds is 5. The smallest absolute Gasteiger partial charge is 0.338 e. The Morgan fingerprint density at radius 1 is 1.15 bits per heavy atom. The van der Waals surface area contributed by atoms with Crippen molar-refractivity contribution in [3.05, 3.63) is 75.1 Å². The van der Waals surface area contributed by atoms with Crippen molar-refractivity contribution in [3.8, 4) is 0 Å². The van der Waals surface area contributed by atoms with E-state index in [1.807, 2.05) is 10.9 Å². The van der Waals surface area contributed by atoms with Crippen LogP contribution in [0.5, 0.6) is 0 Å². The third kappa shape index (κ3) is 5.08. The lowest BCUT2D eigenvalue weighted by Crippen LogP contribution is -2.43. The summed E-state index contributed by atoms with van der Waals surface area (Å²) in [5, 5.41) is 10.9. The Morgan fingerprint density at radius 2 is 1.85 bits per heavy atom. The molecule has 140 valence electrons. The third-order valence-corrected chi connectivity index (χ3v) is 3.41. The Bertz CT molecular complexity index is 915. The molecule has 2 rings (SSSR count). The Hall–Kier alpha value is -3.82. The van der Waals surface area contributed by atoms with Crippen LogP contribution in [0.1, 0.15) is 26.3 Å². The number of carbonyl (C=O) groups is 3. The maximum absolute atomic E-state index is 13.4. The molecule has 0 saturated heterocycles. The van der Waals surface area contributed by atoms with Crippen molar-refractivity contribution in [3.63, 3.8) is 0 Å². The Morgan fingerprint density at radius 3 is 2.52 bits per heavy atom. The first kappa shape index (κ1) is 19.5. The molecule has 0 unspecified atom stereocenters. The van der Waals surface area contributed by atoms with Gasteiger partial charge in [0.2, 0.25) is 0 Å². The molecule has 0 aliphatic heterocycles. The highest BCUT2D eigenvalue weighted by Crippen LogP contribution is 2.19.